The molecule has 0 rings (SSSR count). The Morgan fingerprint density at radius 2 is 1.86 bits per heavy atom. The number of hydrogen-bond acceptors (Lipinski definition) is 6. The van der Waals surface area contributed by atoms with E-state index in [4.69, 9.17) is 15.2 Å². The van der Waals surface area contributed by atoms with E-state index < -0.39 is 5.97 Å². The first-order chi connectivity index (χ1) is 9.84. The number of carbonyl (C=O) groups is 3. The van der Waals surface area contributed by atoms with Crippen LogP contribution in [0.3, 0.4) is 0 Å². The van der Waals surface area contributed by atoms with Crippen LogP contribution in [0.1, 0.15) is 26.7 Å². The van der Waals surface area contributed by atoms with Gasteiger partial charge in [0, 0.05) is 29.4 Å². The third-order valence-corrected chi connectivity index (χ3v) is 3.67. The van der Waals surface area contributed by atoms with Crippen LogP contribution in [0.15, 0.2) is 12.2 Å². The van der Waals surface area contributed by atoms with E-state index in [2.05, 4.69) is 6.58 Å². The van der Waals surface area contributed by atoms with Crippen molar-refractivity contribution in [2.45, 2.75) is 26.7 Å². The monoisotopic (exact) mass is 317 g/mol. The Bertz CT molecular complexity index is 384. The van der Waals surface area contributed by atoms with Crippen LogP contribution in [0, 0.1) is 5.92 Å². The molecular formula is C14H23NO5S. The molecule has 2 N–H and O–H groups in total. The van der Waals surface area contributed by atoms with Gasteiger partial charge in [-0.2, -0.15) is 11.8 Å². The summed E-state index contributed by atoms with van der Waals surface area (Å²) in [4.78, 5) is 33.2. The number of primary amides is 1. The molecule has 0 aromatic rings. The van der Waals surface area contributed by atoms with Crippen LogP contribution in [0.4, 0.5) is 0 Å². The quantitative estimate of drug-likeness (QED) is 0.350. The lowest BCUT2D eigenvalue weighted by molar-refractivity contribution is -0.144. The molecule has 0 radical (unpaired) electrons. The van der Waals surface area contributed by atoms with Gasteiger partial charge in [-0.3, -0.25) is 9.59 Å². The second kappa shape index (κ2) is 11.2. The van der Waals surface area contributed by atoms with Crippen LogP contribution in [0.5, 0.6) is 0 Å². The minimum atomic E-state index is -0.443. The van der Waals surface area contributed by atoms with E-state index in [1.165, 1.54) is 11.8 Å². The number of rotatable bonds is 11. The Balaban J connectivity index is 3.49. The molecule has 0 aromatic carbocycles. The van der Waals surface area contributed by atoms with Gasteiger partial charge >= 0.3 is 11.9 Å². The summed E-state index contributed by atoms with van der Waals surface area (Å²) < 4.78 is 9.84. The number of carbonyl (C=O) groups excluding carboxylic acids is 3. The van der Waals surface area contributed by atoms with Crippen molar-refractivity contribution >= 4 is 29.6 Å². The van der Waals surface area contributed by atoms with Gasteiger partial charge in [0.05, 0.1) is 19.6 Å². The second-order valence-electron chi connectivity index (χ2n) is 4.62. The summed E-state index contributed by atoms with van der Waals surface area (Å²) in [6, 6.07) is 0. The zero-order valence-electron chi connectivity index (χ0n) is 12.6. The number of thioether (sulfide) groups is 1. The second-order valence-corrected chi connectivity index (χ2v) is 5.77. The predicted octanol–water partition coefficient (Wildman–Crippen LogP) is 1.28. The van der Waals surface area contributed by atoms with Crippen molar-refractivity contribution in [1.29, 1.82) is 0 Å². The van der Waals surface area contributed by atoms with Gasteiger partial charge in [-0.25, -0.2) is 4.79 Å². The van der Waals surface area contributed by atoms with Gasteiger partial charge in [-0.1, -0.05) is 13.5 Å². The molecule has 0 bridgehead atoms. The third kappa shape index (κ3) is 10.9. The maximum absolute atomic E-state index is 11.4. The first-order valence-corrected chi connectivity index (χ1v) is 7.85. The Morgan fingerprint density at radius 1 is 1.24 bits per heavy atom. The number of ether oxygens (including phenoxy) is 2. The molecule has 21 heavy (non-hydrogen) atoms. The molecule has 0 aliphatic carbocycles. The van der Waals surface area contributed by atoms with Crippen molar-refractivity contribution in [2.75, 3.05) is 24.7 Å². The Morgan fingerprint density at radius 3 is 2.43 bits per heavy atom. The molecule has 0 spiro atoms. The van der Waals surface area contributed by atoms with Crippen LogP contribution in [0.2, 0.25) is 0 Å². The van der Waals surface area contributed by atoms with E-state index in [0.717, 1.165) is 0 Å². The standard InChI is InChI=1S/C14H23NO5S/c1-10(2)14(18)20-7-4-6-19-12(16)5-8-21-9-11(3)13(15)17/h11H,1,4-9H2,2-3H3,(H2,15,17). The topological polar surface area (TPSA) is 95.7 Å². The third-order valence-electron chi connectivity index (χ3n) is 2.44. The number of nitrogens with two attached hydrogens (primary N) is 1. The molecule has 0 heterocycles. The molecule has 1 amide bonds. The van der Waals surface area contributed by atoms with Crippen LogP contribution in [-0.2, 0) is 23.9 Å². The minimum absolute atomic E-state index is 0.198. The minimum Gasteiger partial charge on any atom is -0.466 e. The average Bonchev–Trinajstić information content (AvgIpc) is 2.42. The molecule has 120 valence electrons. The van der Waals surface area contributed by atoms with Gasteiger partial charge in [-0.15, -0.1) is 0 Å². The highest BCUT2D eigenvalue weighted by atomic mass is 32.2. The Kier molecular flexibility index (Phi) is 10.4. The fraction of sp³-hybridized carbons (Fsp3) is 0.643. The normalized spacial score (nSPS) is 11.5. The van der Waals surface area contributed by atoms with Gasteiger partial charge in [0.25, 0.3) is 0 Å². The van der Waals surface area contributed by atoms with Gasteiger partial charge in [0.15, 0.2) is 0 Å². The number of amides is 1. The van der Waals surface area contributed by atoms with Crippen molar-refractivity contribution in [2.24, 2.45) is 11.7 Å². The summed E-state index contributed by atoms with van der Waals surface area (Å²) in [7, 11) is 0. The van der Waals surface area contributed by atoms with Crippen molar-refractivity contribution in [1.82, 2.24) is 0 Å². The summed E-state index contributed by atoms with van der Waals surface area (Å²) in [6.07, 6.45) is 0.734. The summed E-state index contributed by atoms with van der Waals surface area (Å²) in [6.45, 7) is 7.19. The molecule has 7 heteroatoms. The Hall–Kier alpha value is -1.50. The lowest BCUT2D eigenvalue weighted by atomic mass is 10.2. The van der Waals surface area contributed by atoms with Crippen molar-refractivity contribution < 1.29 is 23.9 Å². The SMILES string of the molecule is C=C(C)C(=O)OCCCOC(=O)CCSCC(C)C(N)=O. The van der Waals surface area contributed by atoms with E-state index in [0.29, 0.717) is 23.5 Å². The molecule has 0 fully saturated rings. The highest BCUT2D eigenvalue weighted by Gasteiger charge is 2.09. The van der Waals surface area contributed by atoms with Crippen LogP contribution >= 0.6 is 11.8 Å². The van der Waals surface area contributed by atoms with E-state index >= 15 is 0 Å². The smallest absolute Gasteiger partial charge is 0.333 e. The van der Waals surface area contributed by atoms with Crippen molar-refractivity contribution in [3.05, 3.63) is 12.2 Å². The molecule has 0 aliphatic rings. The summed E-state index contributed by atoms with van der Waals surface area (Å²) in [5, 5.41) is 0. The molecule has 0 saturated carbocycles. The van der Waals surface area contributed by atoms with Gasteiger partial charge < -0.3 is 15.2 Å². The van der Waals surface area contributed by atoms with Gasteiger partial charge in [0.2, 0.25) is 5.91 Å². The van der Waals surface area contributed by atoms with Gasteiger partial charge in [0.1, 0.15) is 0 Å². The average molecular weight is 317 g/mol. The molecule has 1 unspecified atom stereocenters. The van der Waals surface area contributed by atoms with E-state index in [-0.39, 0.29) is 37.4 Å². The number of esters is 2. The highest BCUT2D eigenvalue weighted by molar-refractivity contribution is 7.99. The summed E-state index contributed by atoms with van der Waals surface area (Å²) in [5.74, 6) is -0.106. The molecule has 6 nitrogen and oxygen atoms in total. The fourth-order valence-electron chi connectivity index (χ4n) is 1.10. The first kappa shape index (κ1) is 19.5. The van der Waals surface area contributed by atoms with Crippen LogP contribution in [-0.4, -0.2) is 42.6 Å². The predicted molar refractivity (Wildman–Crippen MR) is 81.6 cm³/mol. The zero-order valence-corrected chi connectivity index (χ0v) is 13.4. The maximum atomic E-state index is 11.4. The lowest BCUT2D eigenvalue weighted by Crippen LogP contribution is -2.22. The van der Waals surface area contributed by atoms with Crippen molar-refractivity contribution in [3.8, 4) is 0 Å². The molecular weight excluding hydrogens is 294 g/mol. The summed E-state index contributed by atoms with van der Waals surface area (Å²) >= 11 is 1.49. The van der Waals surface area contributed by atoms with Crippen LogP contribution < -0.4 is 5.73 Å². The lowest BCUT2D eigenvalue weighted by Gasteiger charge is -2.07. The maximum Gasteiger partial charge on any atom is 0.333 e. The Labute approximate surface area is 129 Å². The fourth-order valence-corrected chi connectivity index (χ4v) is 2.10. The number of hydrogen-bond donors (Lipinski definition) is 1. The van der Waals surface area contributed by atoms with Crippen LogP contribution in [0.25, 0.3) is 0 Å². The highest BCUT2D eigenvalue weighted by Crippen LogP contribution is 2.09. The van der Waals surface area contributed by atoms with E-state index in [1.54, 1.807) is 13.8 Å². The van der Waals surface area contributed by atoms with E-state index in [1.807, 2.05) is 0 Å². The van der Waals surface area contributed by atoms with Gasteiger partial charge in [-0.05, 0) is 6.92 Å². The molecule has 0 aromatic heterocycles. The largest absolute Gasteiger partial charge is 0.466 e. The van der Waals surface area contributed by atoms with Crippen molar-refractivity contribution in [3.63, 3.8) is 0 Å². The molecule has 0 saturated heterocycles. The van der Waals surface area contributed by atoms with E-state index in [9.17, 15) is 14.4 Å². The first-order valence-electron chi connectivity index (χ1n) is 6.70. The summed E-state index contributed by atoms with van der Waals surface area (Å²) in [5.41, 5.74) is 5.47. The molecule has 1 atom stereocenters. The molecule has 0 aliphatic heterocycles. The zero-order chi connectivity index (χ0) is 16.3.